The van der Waals surface area contributed by atoms with Crippen LogP contribution in [0.25, 0.3) is 0 Å². The second kappa shape index (κ2) is 5.35. The van der Waals surface area contributed by atoms with Crippen molar-refractivity contribution in [2.24, 2.45) is 11.3 Å². The molecular formula is C15H22O2. The molecular weight excluding hydrogens is 212 g/mol. The molecule has 0 aromatic rings. The zero-order valence-electron chi connectivity index (χ0n) is 11.2. The molecule has 0 bridgehead atoms. The number of carbonyl (C=O) groups is 1. The van der Waals surface area contributed by atoms with E-state index in [1.54, 1.807) is 0 Å². The van der Waals surface area contributed by atoms with Gasteiger partial charge in [0.1, 0.15) is 0 Å². The Morgan fingerprint density at radius 2 is 2.18 bits per heavy atom. The van der Waals surface area contributed by atoms with Gasteiger partial charge in [0.25, 0.3) is 0 Å². The van der Waals surface area contributed by atoms with Crippen LogP contribution >= 0.6 is 0 Å². The number of hydrogen-bond acceptors (Lipinski definition) is 1. The van der Waals surface area contributed by atoms with Gasteiger partial charge in [0, 0.05) is 12.0 Å². The summed E-state index contributed by atoms with van der Waals surface area (Å²) >= 11 is 0. The third kappa shape index (κ3) is 3.88. The molecule has 1 aliphatic rings. The van der Waals surface area contributed by atoms with Gasteiger partial charge in [0.15, 0.2) is 0 Å². The van der Waals surface area contributed by atoms with E-state index in [-0.39, 0.29) is 5.41 Å². The Balaban J connectivity index is 2.85. The Labute approximate surface area is 104 Å². The van der Waals surface area contributed by atoms with E-state index in [9.17, 15) is 4.79 Å². The quantitative estimate of drug-likeness (QED) is 0.456. The van der Waals surface area contributed by atoms with Crippen molar-refractivity contribution >= 4 is 5.97 Å². The number of carboxylic acid groups (broad SMARTS) is 1. The van der Waals surface area contributed by atoms with E-state index in [1.165, 1.54) is 18.1 Å². The van der Waals surface area contributed by atoms with Gasteiger partial charge < -0.3 is 5.11 Å². The zero-order valence-corrected chi connectivity index (χ0v) is 11.2. The van der Waals surface area contributed by atoms with Crippen molar-refractivity contribution in [3.8, 4) is 0 Å². The predicted molar refractivity (Wildman–Crippen MR) is 70.8 cm³/mol. The second-order valence-corrected chi connectivity index (χ2v) is 5.54. The number of hydrogen-bond donors (Lipinski definition) is 1. The molecule has 0 aromatic heterocycles. The molecule has 0 saturated heterocycles. The highest BCUT2D eigenvalue weighted by Crippen LogP contribution is 2.41. The minimum atomic E-state index is -0.887. The van der Waals surface area contributed by atoms with Crippen molar-refractivity contribution in [2.75, 3.05) is 0 Å². The first-order valence-electron chi connectivity index (χ1n) is 6.09. The van der Waals surface area contributed by atoms with Crippen LogP contribution in [0.15, 0.2) is 35.5 Å². The van der Waals surface area contributed by atoms with Crippen LogP contribution in [0.1, 0.15) is 40.5 Å². The molecule has 2 heteroatoms. The summed E-state index contributed by atoms with van der Waals surface area (Å²) < 4.78 is 0. The van der Waals surface area contributed by atoms with E-state index in [0.717, 1.165) is 12.0 Å². The molecule has 94 valence electrons. The first-order chi connectivity index (χ1) is 7.83. The van der Waals surface area contributed by atoms with Crippen molar-refractivity contribution in [3.05, 3.63) is 35.5 Å². The second-order valence-electron chi connectivity index (χ2n) is 5.54. The smallest absolute Gasteiger partial charge is 0.328 e. The minimum Gasteiger partial charge on any atom is -0.478 e. The summed E-state index contributed by atoms with van der Waals surface area (Å²) in [7, 11) is 0. The molecule has 0 unspecified atom stereocenters. The number of allylic oxidation sites excluding steroid dienone is 5. The maximum Gasteiger partial charge on any atom is 0.328 e. The standard InChI is InChI=1S/C15H22O2/c1-11(10-14(16)17)7-8-13-12(2)6-5-9-15(13,3)4/h6-8,10,13H,5,9H2,1-4H3,(H,16,17)/b8-7+,11-10+/t13-/m0/s1. The summed E-state index contributed by atoms with van der Waals surface area (Å²) in [4.78, 5) is 10.5. The number of rotatable bonds is 3. The van der Waals surface area contributed by atoms with E-state index in [1.807, 2.05) is 13.0 Å². The summed E-state index contributed by atoms with van der Waals surface area (Å²) in [5.41, 5.74) is 2.44. The maximum atomic E-state index is 10.5. The van der Waals surface area contributed by atoms with Crippen LogP contribution < -0.4 is 0 Å². The van der Waals surface area contributed by atoms with E-state index in [0.29, 0.717) is 5.92 Å². The fourth-order valence-corrected chi connectivity index (χ4v) is 2.47. The highest BCUT2D eigenvalue weighted by molar-refractivity contribution is 5.81. The van der Waals surface area contributed by atoms with Gasteiger partial charge in [-0.3, -0.25) is 0 Å². The summed E-state index contributed by atoms with van der Waals surface area (Å²) in [5, 5.41) is 8.65. The summed E-state index contributed by atoms with van der Waals surface area (Å²) in [6.07, 6.45) is 9.92. The lowest BCUT2D eigenvalue weighted by molar-refractivity contribution is -0.131. The molecule has 0 aliphatic heterocycles. The summed E-state index contributed by atoms with van der Waals surface area (Å²) in [6, 6.07) is 0. The highest BCUT2D eigenvalue weighted by Gasteiger charge is 2.30. The van der Waals surface area contributed by atoms with Crippen molar-refractivity contribution < 1.29 is 9.90 Å². The minimum absolute atomic E-state index is 0.263. The molecule has 0 amide bonds. The van der Waals surface area contributed by atoms with Crippen LogP contribution in [-0.2, 0) is 4.79 Å². The molecule has 0 saturated carbocycles. The Kier molecular flexibility index (Phi) is 4.33. The van der Waals surface area contributed by atoms with Crippen LogP contribution in [-0.4, -0.2) is 11.1 Å². The first-order valence-corrected chi connectivity index (χ1v) is 6.09. The average Bonchev–Trinajstić information content (AvgIpc) is 2.14. The Bertz CT molecular complexity index is 384. The van der Waals surface area contributed by atoms with Gasteiger partial charge in [-0.2, -0.15) is 0 Å². The fourth-order valence-electron chi connectivity index (χ4n) is 2.47. The van der Waals surface area contributed by atoms with Crippen molar-refractivity contribution in [2.45, 2.75) is 40.5 Å². The van der Waals surface area contributed by atoms with E-state index in [2.05, 4.69) is 32.9 Å². The number of carboxylic acids is 1. The lowest BCUT2D eigenvalue weighted by atomic mass is 9.68. The van der Waals surface area contributed by atoms with Crippen LogP contribution in [0, 0.1) is 11.3 Å². The normalized spacial score (nSPS) is 24.8. The Morgan fingerprint density at radius 3 is 2.71 bits per heavy atom. The third-order valence-corrected chi connectivity index (χ3v) is 3.49. The molecule has 1 aliphatic carbocycles. The monoisotopic (exact) mass is 234 g/mol. The topological polar surface area (TPSA) is 37.3 Å². The van der Waals surface area contributed by atoms with Gasteiger partial charge in [-0.25, -0.2) is 4.79 Å². The Hall–Kier alpha value is -1.31. The van der Waals surface area contributed by atoms with Gasteiger partial charge in [0.05, 0.1) is 0 Å². The molecule has 0 radical (unpaired) electrons. The van der Waals surface area contributed by atoms with E-state index >= 15 is 0 Å². The van der Waals surface area contributed by atoms with Crippen molar-refractivity contribution in [1.82, 2.24) is 0 Å². The zero-order chi connectivity index (χ0) is 13.1. The highest BCUT2D eigenvalue weighted by atomic mass is 16.4. The van der Waals surface area contributed by atoms with Crippen LogP contribution in [0.2, 0.25) is 0 Å². The van der Waals surface area contributed by atoms with Crippen LogP contribution in [0.5, 0.6) is 0 Å². The predicted octanol–water partition coefficient (Wildman–Crippen LogP) is 3.96. The maximum absolute atomic E-state index is 10.5. The molecule has 0 spiro atoms. The molecule has 0 fully saturated rings. The van der Waals surface area contributed by atoms with Crippen molar-refractivity contribution in [1.29, 1.82) is 0 Å². The Morgan fingerprint density at radius 1 is 1.53 bits per heavy atom. The largest absolute Gasteiger partial charge is 0.478 e. The van der Waals surface area contributed by atoms with Gasteiger partial charge in [-0.05, 0) is 37.7 Å². The number of aliphatic carboxylic acids is 1. The van der Waals surface area contributed by atoms with E-state index in [4.69, 9.17) is 5.11 Å². The average molecular weight is 234 g/mol. The SMILES string of the molecule is CC1=CCCC(C)(C)[C@H]1/C=C/C(C)=C/C(=O)O. The van der Waals surface area contributed by atoms with Crippen molar-refractivity contribution in [3.63, 3.8) is 0 Å². The third-order valence-electron chi connectivity index (χ3n) is 3.49. The summed E-state index contributed by atoms with van der Waals surface area (Å²) in [5.74, 6) is -0.476. The molecule has 0 heterocycles. The molecule has 17 heavy (non-hydrogen) atoms. The first kappa shape index (κ1) is 13.8. The molecule has 0 aromatic carbocycles. The van der Waals surface area contributed by atoms with Crippen LogP contribution in [0.3, 0.4) is 0 Å². The lowest BCUT2D eigenvalue weighted by Gasteiger charge is -2.36. The van der Waals surface area contributed by atoms with E-state index < -0.39 is 5.97 Å². The molecule has 1 rings (SSSR count). The molecule has 1 N–H and O–H groups in total. The lowest BCUT2D eigenvalue weighted by Crippen LogP contribution is -2.26. The van der Waals surface area contributed by atoms with Gasteiger partial charge in [-0.1, -0.05) is 37.6 Å². The summed E-state index contributed by atoms with van der Waals surface area (Å²) in [6.45, 7) is 8.52. The molecule has 2 nitrogen and oxygen atoms in total. The van der Waals surface area contributed by atoms with Gasteiger partial charge in [-0.15, -0.1) is 0 Å². The van der Waals surface area contributed by atoms with Gasteiger partial charge in [0.2, 0.25) is 0 Å². The van der Waals surface area contributed by atoms with Gasteiger partial charge >= 0.3 is 5.97 Å². The molecule has 1 atom stereocenters. The van der Waals surface area contributed by atoms with Crippen LogP contribution in [0.4, 0.5) is 0 Å². The fraction of sp³-hybridized carbons (Fsp3) is 0.533.